The highest BCUT2D eigenvalue weighted by Crippen LogP contribution is 2.38. The Morgan fingerprint density at radius 2 is 0.968 bits per heavy atom. The van der Waals surface area contributed by atoms with Crippen molar-refractivity contribution in [3.8, 4) is 0 Å². The molecule has 11 heteroatoms. The van der Waals surface area contributed by atoms with Crippen molar-refractivity contribution in [1.82, 2.24) is 9.80 Å². The van der Waals surface area contributed by atoms with Gasteiger partial charge in [-0.05, 0) is 129 Å². The first-order valence-corrected chi connectivity index (χ1v) is 23.6. The minimum atomic E-state index is -0.801. The van der Waals surface area contributed by atoms with E-state index < -0.39 is 11.2 Å². The molecule has 0 spiro atoms. The molecule has 2 fully saturated rings. The van der Waals surface area contributed by atoms with E-state index in [0.717, 1.165) is 76.1 Å². The molecule has 2 aliphatic rings. The van der Waals surface area contributed by atoms with Crippen molar-refractivity contribution < 1.29 is 33.0 Å². The molecule has 0 atom stereocenters. The maximum absolute atomic E-state index is 13.1. The van der Waals surface area contributed by atoms with Crippen LogP contribution in [0.5, 0.6) is 0 Å². The van der Waals surface area contributed by atoms with Crippen LogP contribution in [0.2, 0.25) is 10.0 Å². The number of nitrogens with zero attached hydrogens (tertiary/aromatic N) is 2. The molecule has 0 saturated carbocycles. The van der Waals surface area contributed by atoms with Gasteiger partial charge in [-0.25, -0.2) is 8.78 Å². The largest absolute Gasteiger partial charge is 0.454 e. The molecule has 2 aliphatic heterocycles. The monoisotopic (exact) mass is 904 g/mol. The van der Waals surface area contributed by atoms with Crippen LogP contribution in [0.4, 0.5) is 8.78 Å². The number of likely N-dealkylation sites (tertiary alicyclic amines) is 2. The van der Waals surface area contributed by atoms with Crippen LogP contribution in [0, 0.1) is 11.6 Å². The second-order valence-corrected chi connectivity index (χ2v) is 18.0. The van der Waals surface area contributed by atoms with Gasteiger partial charge in [-0.1, -0.05) is 92.9 Å². The summed E-state index contributed by atoms with van der Waals surface area (Å²) in [5.74, 6) is -0.714. The zero-order chi connectivity index (χ0) is 45.1. The number of esters is 1. The number of hydrogen-bond donors (Lipinski definition) is 1. The van der Waals surface area contributed by atoms with Gasteiger partial charge in [-0.3, -0.25) is 14.4 Å². The number of unbranched alkanes of at least 4 members (excludes halogenated alkanes) is 6. The Bertz CT molecular complexity index is 2000. The predicted octanol–water partition coefficient (Wildman–Crippen LogP) is 12.5. The fraction of sp³-hybridized carbons (Fsp3) is 0.481. The number of halogens is 4. The SMILES string of the molecule is CCCCCCCCCC(=O)OC1(c2ccc(Cl)cc2)CCN(CCCC(=O)c2ccc(F)cc2)CC1.O=C(CCCN1CCC(O)(c2ccc(Cl)cc2)CC1)c1ccc(F)cc1. The lowest BCUT2D eigenvalue weighted by atomic mass is 9.84. The highest BCUT2D eigenvalue weighted by Gasteiger charge is 2.40. The molecule has 0 radical (unpaired) electrons. The molecule has 6 rings (SSSR count). The van der Waals surface area contributed by atoms with E-state index in [1.165, 1.54) is 68.5 Å². The van der Waals surface area contributed by atoms with Gasteiger partial charge in [-0.15, -0.1) is 0 Å². The van der Waals surface area contributed by atoms with E-state index in [-0.39, 0.29) is 29.2 Å². The summed E-state index contributed by atoms with van der Waals surface area (Å²) in [6, 6.07) is 26.5. The number of carbonyl (C=O) groups excluding carboxylic acids is 3. The van der Waals surface area contributed by atoms with Crippen LogP contribution in [-0.4, -0.2) is 71.7 Å². The van der Waals surface area contributed by atoms with Crippen molar-refractivity contribution in [2.24, 2.45) is 0 Å². The van der Waals surface area contributed by atoms with Gasteiger partial charge in [0, 0.05) is 79.5 Å². The van der Waals surface area contributed by atoms with E-state index >= 15 is 0 Å². The number of rotatable bonds is 21. The molecule has 1 N–H and O–H groups in total. The van der Waals surface area contributed by atoms with Crippen LogP contribution in [0.25, 0.3) is 0 Å². The molecule has 4 aromatic rings. The Labute approximate surface area is 383 Å². The van der Waals surface area contributed by atoms with Crippen LogP contribution >= 0.6 is 23.2 Å². The van der Waals surface area contributed by atoms with Gasteiger partial charge in [0.05, 0.1) is 5.60 Å². The maximum Gasteiger partial charge on any atom is 0.306 e. The first-order valence-electron chi connectivity index (χ1n) is 22.9. The summed E-state index contributed by atoms with van der Waals surface area (Å²) in [5, 5.41) is 12.2. The summed E-state index contributed by atoms with van der Waals surface area (Å²) in [5.41, 5.74) is 1.58. The van der Waals surface area contributed by atoms with Gasteiger partial charge in [-0.2, -0.15) is 0 Å². The highest BCUT2D eigenvalue weighted by atomic mass is 35.5. The number of hydrogen-bond acceptors (Lipinski definition) is 7. The number of carbonyl (C=O) groups is 3. The number of ether oxygens (including phenoxy) is 1. The summed E-state index contributed by atoms with van der Waals surface area (Å²) < 4.78 is 32.2. The zero-order valence-corrected chi connectivity index (χ0v) is 38.3. The number of aliphatic hydroxyl groups is 1. The molecule has 340 valence electrons. The molecule has 0 aromatic heterocycles. The van der Waals surface area contributed by atoms with Crippen molar-refractivity contribution in [3.05, 3.63) is 141 Å². The smallest absolute Gasteiger partial charge is 0.306 e. The summed E-state index contributed by atoms with van der Waals surface area (Å²) in [6.07, 6.45) is 13.7. The number of Topliss-reactive ketones (excluding diaryl/α,β-unsaturated/α-hetero) is 2. The fourth-order valence-corrected chi connectivity index (χ4v) is 8.77. The molecule has 0 aliphatic carbocycles. The topological polar surface area (TPSA) is 87.2 Å². The second-order valence-electron chi connectivity index (χ2n) is 17.1. The molecular weight excluding hydrogens is 841 g/mol. The second kappa shape index (κ2) is 25.5. The van der Waals surface area contributed by atoms with Crippen molar-refractivity contribution >= 4 is 40.7 Å². The summed E-state index contributed by atoms with van der Waals surface area (Å²) in [7, 11) is 0. The Hall–Kier alpha value is -3.99. The number of ketones is 2. The lowest BCUT2D eigenvalue weighted by molar-refractivity contribution is -0.167. The molecule has 2 heterocycles. The van der Waals surface area contributed by atoms with Crippen LogP contribution in [-0.2, 0) is 20.7 Å². The third kappa shape index (κ3) is 16.2. The number of benzene rings is 4. The molecule has 7 nitrogen and oxygen atoms in total. The summed E-state index contributed by atoms with van der Waals surface area (Å²) in [6.45, 7) is 7.01. The van der Waals surface area contributed by atoms with E-state index in [2.05, 4.69) is 16.7 Å². The van der Waals surface area contributed by atoms with Gasteiger partial charge in [0.15, 0.2) is 11.6 Å². The van der Waals surface area contributed by atoms with Gasteiger partial charge < -0.3 is 19.6 Å². The van der Waals surface area contributed by atoms with Gasteiger partial charge in [0.1, 0.15) is 17.2 Å². The standard InChI is InChI=1S/C31H41ClFNO3.C21H23ClFNO2/c1-2-3-4-5-6-7-8-11-30(36)37-31(26-14-16-27(32)17-15-26)20-23-34(24-21-31)22-9-10-29(35)25-12-18-28(33)19-13-25;22-18-7-5-17(6-8-18)21(26)11-14-24(15-12-21)13-1-2-20(25)16-3-9-19(23)10-4-16/h12-19H,2-11,20-24H2,1H3;3-10,26H,1-2,11-15H2. The molecular formula is C52H64Cl2F2N2O5. The lowest BCUT2D eigenvalue weighted by Gasteiger charge is -2.41. The van der Waals surface area contributed by atoms with Gasteiger partial charge in [0.2, 0.25) is 0 Å². The van der Waals surface area contributed by atoms with Crippen molar-refractivity contribution in [1.29, 1.82) is 0 Å². The Balaban J connectivity index is 0.000000252. The van der Waals surface area contributed by atoms with Crippen LogP contribution in [0.3, 0.4) is 0 Å². The van der Waals surface area contributed by atoms with Gasteiger partial charge >= 0.3 is 5.97 Å². The van der Waals surface area contributed by atoms with Crippen LogP contribution < -0.4 is 0 Å². The van der Waals surface area contributed by atoms with Crippen molar-refractivity contribution in [3.63, 3.8) is 0 Å². The first-order chi connectivity index (χ1) is 30.4. The predicted molar refractivity (Wildman–Crippen MR) is 248 cm³/mol. The molecule has 0 unspecified atom stereocenters. The zero-order valence-electron chi connectivity index (χ0n) is 36.8. The Morgan fingerprint density at radius 1 is 0.556 bits per heavy atom. The maximum atomic E-state index is 13.1. The van der Waals surface area contributed by atoms with Crippen molar-refractivity contribution in [2.45, 2.75) is 121 Å². The Morgan fingerprint density at radius 3 is 1.43 bits per heavy atom. The number of piperidine rings is 2. The van der Waals surface area contributed by atoms with E-state index in [0.29, 0.717) is 66.1 Å². The third-order valence-electron chi connectivity index (χ3n) is 12.5. The molecule has 63 heavy (non-hydrogen) atoms. The van der Waals surface area contributed by atoms with E-state index in [9.17, 15) is 28.3 Å². The van der Waals surface area contributed by atoms with Crippen LogP contribution in [0.1, 0.15) is 141 Å². The quantitative estimate of drug-likeness (QED) is 0.0506. The molecule has 4 aromatic carbocycles. The lowest BCUT2D eigenvalue weighted by Crippen LogP contribution is -2.45. The Kier molecular flexibility index (Phi) is 20.2. The molecule has 0 amide bonds. The first kappa shape index (κ1) is 50.0. The van der Waals surface area contributed by atoms with E-state index in [1.54, 1.807) is 12.1 Å². The van der Waals surface area contributed by atoms with E-state index in [1.807, 2.05) is 48.5 Å². The average Bonchev–Trinajstić information content (AvgIpc) is 3.28. The van der Waals surface area contributed by atoms with Crippen LogP contribution in [0.15, 0.2) is 97.1 Å². The highest BCUT2D eigenvalue weighted by molar-refractivity contribution is 6.30. The van der Waals surface area contributed by atoms with Crippen molar-refractivity contribution in [2.75, 3.05) is 39.3 Å². The minimum absolute atomic E-state index is 0.0341. The summed E-state index contributed by atoms with van der Waals surface area (Å²) >= 11 is 12.0. The minimum Gasteiger partial charge on any atom is -0.454 e. The molecule has 0 bridgehead atoms. The fourth-order valence-electron chi connectivity index (χ4n) is 8.52. The molecule has 2 saturated heterocycles. The van der Waals surface area contributed by atoms with E-state index in [4.69, 9.17) is 27.9 Å². The summed E-state index contributed by atoms with van der Waals surface area (Å²) in [4.78, 5) is 42.0. The normalized spacial score (nSPS) is 16.2. The van der Waals surface area contributed by atoms with Gasteiger partial charge in [0.25, 0.3) is 0 Å². The average molecular weight is 906 g/mol. The third-order valence-corrected chi connectivity index (χ3v) is 13.0.